The first-order chi connectivity index (χ1) is 16.6. The molecule has 0 unspecified atom stereocenters. The van der Waals surface area contributed by atoms with Crippen LogP contribution in [0.4, 0.5) is 17.6 Å². The van der Waals surface area contributed by atoms with Crippen molar-refractivity contribution >= 4 is 22.7 Å². The summed E-state index contributed by atoms with van der Waals surface area (Å²) in [4.78, 5) is 28.9. The van der Waals surface area contributed by atoms with E-state index in [1.54, 1.807) is 17.0 Å². The molecular weight excluding hydrogens is 462 g/mol. The maximum atomic E-state index is 15.7. The number of aryl methyl sites for hydroxylation is 1. The summed E-state index contributed by atoms with van der Waals surface area (Å²) in [6, 6.07) is 6.46. The molecule has 1 aliphatic carbocycles. The number of aromatic nitrogens is 1. The van der Waals surface area contributed by atoms with E-state index < -0.39 is 23.8 Å². The van der Waals surface area contributed by atoms with Crippen LogP contribution in [-0.4, -0.2) is 34.4 Å². The number of fused-ring (bicyclic) bond motifs is 4. The first kappa shape index (κ1) is 23.1. The highest BCUT2D eigenvalue weighted by Gasteiger charge is 2.42. The van der Waals surface area contributed by atoms with Gasteiger partial charge in [-0.05, 0) is 60.1 Å². The Labute approximate surface area is 198 Å². The molecule has 1 aromatic heterocycles. The molecule has 35 heavy (non-hydrogen) atoms. The van der Waals surface area contributed by atoms with Crippen LogP contribution in [0.3, 0.4) is 0 Å². The predicted octanol–water partition coefficient (Wildman–Crippen LogP) is 4.81. The van der Waals surface area contributed by atoms with Crippen LogP contribution in [0.25, 0.3) is 22.0 Å². The number of H-pyrrole nitrogens is 1. The third-order valence-electron chi connectivity index (χ3n) is 7.16. The molecular formula is C26H23F4N3O2. The van der Waals surface area contributed by atoms with E-state index in [0.717, 1.165) is 17.2 Å². The molecule has 0 radical (unpaired) electrons. The minimum absolute atomic E-state index is 0.0910. The van der Waals surface area contributed by atoms with Crippen LogP contribution in [0, 0.1) is 11.7 Å². The van der Waals surface area contributed by atoms with Gasteiger partial charge in [-0.3, -0.25) is 9.59 Å². The molecule has 0 fully saturated rings. The monoisotopic (exact) mass is 485 g/mol. The molecule has 0 saturated heterocycles. The summed E-state index contributed by atoms with van der Waals surface area (Å²) >= 11 is 0. The molecule has 9 heteroatoms. The zero-order valence-corrected chi connectivity index (χ0v) is 18.8. The number of nitrogens with one attached hydrogen (secondary N) is 1. The number of nitrogens with two attached hydrogens (primary N) is 1. The van der Waals surface area contributed by atoms with Crippen molar-refractivity contribution in [3.8, 4) is 11.1 Å². The lowest BCUT2D eigenvalue weighted by Gasteiger charge is -2.30. The van der Waals surface area contributed by atoms with Crippen molar-refractivity contribution in [1.29, 1.82) is 0 Å². The van der Waals surface area contributed by atoms with Crippen LogP contribution in [-0.2, 0) is 30.6 Å². The van der Waals surface area contributed by atoms with E-state index in [4.69, 9.17) is 5.73 Å². The van der Waals surface area contributed by atoms with Crippen molar-refractivity contribution in [3.63, 3.8) is 0 Å². The van der Waals surface area contributed by atoms with Crippen LogP contribution >= 0.6 is 0 Å². The normalized spacial score (nSPS) is 17.7. The number of aromatic amines is 1. The van der Waals surface area contributed by atoms with Crippen molar-refractivity contribution in [3.05, 3.63) is 70.7 Å². The van der Waals surface area contributed by atoms with E-state index in [0.29, 0.717) is 41.7 Å². The van der Waals surface area contributed by atoms with Crippen LogP contribution < -0.4 is 5.73 Å². The summed E-state index contributed by atoms with van der Waals surface area (Å²) in [6.45, 7) is 4.30. The molecule has 2 aliphatic rings. The first-order valence-electron chi connectivity index (χ1n) is 11.3. The van der Waals surface area contributed by atoms with Gasteiger partial charge >= 0.3 is 6.18 Å². The summed E-state index contributed by atoms with van der Waals surface area (Å²) in [5, 5.41) is 0.410. The first-order valence-corrected chi connectivity index (χ1v) is 11.3. The van der Waals surface area contributed by atoms with E-state index >= 15 is 4.39 Å². The number of primary amides is 1. The minimum atomic E-state index is -4.34. The van der Waals surface area contributed by atoms with Crippen LogP contribution in [0.2, 0.25) is 0 Å². The number of hydrogen-bond acceptors (Lipinski definition) is 2. The van der Waals surface area contributed by atoms with Crippen LogP contribution in [0.1, 0.15) is 39.2 Å². The van der Waals surface area contributed by atoms with Crippen molar-refractivity contribution in [2.75, 3.05) is 6.54 Å². The summed E-state index contributed by atoms with van der Waals surface area (Å²) < 4.78 is 56.0. The van der Waals surface area contributed by atoms with Gasteiger partial charge in [-0.1, -0.05) is 24.8 Å². The fraction of sp³-hybridized carbons (Fsp3) is 0.308. The highest BCUT2D eigenvalue weighted by Crippen LogP contribution is 2.45. The number of rotatable bonds is 3. The maximum Gasteiger partial charge on any atom is 0.392 e. The molecule has 5 rings (SSSR count). The summed E-state index contributed by atoms with van der Waals surface area (Å²) in [7, 11) is 0. The van der Waals surface area contributed by atoms with Crippen LogP contribution in [0.5, 0.6) is 0 Å². The highest BCUT2D eigenvalue weighted by atomic mass is 19.4. The molecule has 2 heterocycles. The third-order valence-corrected chi connectivity index (χ3v) is 7.16. The lowest BCUT2D eigenvalue weighted by Crippen LogP contribution is -2.34. The van der Waals surface area contributed by atoms with Crippen molar-refractivity contribution in [2.24, 2.45) is 11.7 Å². The van der Waals surface area contributed by atoms with Crippen molar-refractivity contribution < 1.29 is 27.2 Å². The molecule has 3 N–H and O–H groups in total. The largest absolute Gasteiger partial charge is 0.392 e. The fourth-order valence-corrected chi connectivity index (χ4v) is 5.47. The van der Waals surface area contributed by atoms with Crippen LogP contribution in [0.15, 0.2) is 36.9 Å². The second-order valence-electron chi connectivity index (χ2n) is 9.12. The molecule has 1 atom stereocenters. The van der Waals surface area contributed by atoms with Gasteiger partial charge in [0, 0.05) is 29.7 Å². The van der Waals surface area contributed by atoms with Gasteiger partial charge in [0.25, 0.3) is 5.91 Å². The smallest absolute Gasteiger partial charge is 0.366 e. The molecule has 182 valence electrons. The number of benzene rings is 2. The third kappa shape index (κ3) is 3.79. The van der Waals surface area contributed by atoms with Gasteiger partial charge in [0.05, 0.1) is 17.0 Å². The Morgan fingerprint density at radius 3 is 2.66 bits per heavy atom. The number of carbonyl (C=O) groups excluding carboxylic acids is 2. The summed E-state index contributed by atoms with van der Waals surface area (Å²) in [5.41, 5.74) is 9.20. The SMILES string of the molecule is C=CC(=O)N1CCc2c(cccc2-c2c(F)cc(C(N)=O)c3[nH]c4c(c23)CC[C@H](C(F)(F)F)C4)C1. The number of alkyl halides is 3. The molecule has 5 nitrogen and oxygen atoms in total. The average Bonchev–Trinajstić information content (AvgIpc) is 3.20. The Balaban J connectivity index is 1.72. The van der Waals surface area contributed by atoms with Gasteiger partial charge in [0.15, 0.2) is 0 Å². The Morgan fingerprint density at radius 2 is 1.97 bits per heavy atom. The fourth-order valence-electron chi connectivity index (χ4n) is 5.47. The number of halogens is 4. The van der Waals surface area contributed by atoms with Gasteiger partial charge in [-0.15, -0.1) is 0 Å². The molecule has 2 amide bonds. The zero-order valence-electron chi connectivity index (χ0n) is 18.8. The second-order valence-corrected chi connectivity index (χ2v) is 9.12. The molecule has 0 saturated carbocycles. The topological polar surface area (TPSA) is 79.2 Å². The van der Waals surface area contributed by atoms with Crippen molar-refractivity contribution in [1.82, 2.24) is 9.88 Å². The number of carbonyl (C=O) groups is 2. The minimum Gasteiger partial charge on any atom is -0.366 e. The van der Waals surface area contributed by atoms with E-state index in [1.165, 1.54) is 6.08 Å². The van der Waals surface area contributed by atoms with Gasteiger partial charge in [-0.2, -0.15) is 13.2 Å². The standard InChI is InChI=1S/C26H23F4N3O2/c1-2-21(34)33-9-8-15-13(12-33)4-3-5-16(15)22-19(27)11-18(25(31)35)24-23(22)17-7-6-14(26(28,29)30)10-20(17)32-24/h2-5,11,14,32H,1,6-10,12H2,(H2,31,35)/t14-/m0/s1. The van der Waals surface area contributed by atoms with E-state index in [9.17, 15) is 22.8 Å². The lowest BCUT2D eigenvalue weighted by atomic mass is 9.83. The summed E-state index contributed by atoms with van der Waals surface area (Å²) in [5.74, 6) is -3.23. The molecule has 0 bridgehead atoms. The molecule has 0 spiro atoms. The Hall–Kier alpha value is -3.62. The number of amides is 2. The maximum absolute atomic E-state index is 15.7. The van der Waals surface area contributed by atoms with Crippen molar-refractivity contribution in [2.45, 2.75) is 38.4 Å². The highest BCUT2D eigenvalue weighted by molar-refractivity contribution is 6.11. The summed E-state index contributed by atoms with van der Waals surface area (Å²) in [6.07, 6.45) is -2.89. The van der Waals surface area contributed by atoms with Gasteiger partial charge in [0.2, 0.25) is 5.91 Å². The molecule has 1 aliphatic heterocycles. The van der Waals surface area contributed by atoms with E-state index in [1.807, 2.05) is 6.07 Å². The second kappa shape index (κ2) is 8.25. The zero-order chi connectivity index (χ0) is 25.1. The predicted molar refractivity (Wildman–Crippen MR) is 123 cm³/mol. The van der Waals surface area contributed by atoms with Gasteiger partial charge < -0.3 is 15.6 Å². The Bertz CT molecular complexity index is 1390. The average molecular weight is 485 g/mol. The molecule has 3 aromatic rings. The molecule has 2 aromatic carbocycles. The number of hydrogen-bond donors (Lipinski definition) is 2. The van der Waals surface area contributed by atoms with Gasteiger partial charge in [0.1, 0.15) is 5.82 Å². The quantitative estimate of drug-likeness (QED) is 0.413. The Morgan fingerprint density at radius 1 is 1.20 bits per heavy atom. The van der Waals surface area contributed by atoms with Gasteiger partial charge in [-0.25, -0.2) is 4.39 Å². The lowest BCUT2D eigenvalue weighted by molar-refractivity contribution is -0.177. The Kier molecular flexibility index (Phi) is 5.45. The van der Waals surface area contributed by atoms with E-state index in [-0.39, 0.29) is 41.8 Å². The van der Waals surface area contributed by atoms with E-state index in [2.05, 4.69) is 11.6 Å². The number of nitrogens with zero attached hydrogens (tertiary/aromatic N) is 1.